The number of carbonyl (C=O) groups excluding carboxylic acids is 3. The fourth-order valence-electron chi connectivity index (χ4n) is 2.26. The van der Waals surface area contributed by atoms with Crippen molar-refractivity contribution in [3.63, 3.8) is 0 Å². The Morgan fingerprint density at radius 2 is 1.64 bits per heavy atom. The predicted octanol–water partition coefficient (Wildman–Crippen LogP) is 3.14. The first-order chi connectivity index (χ1) is 11.9. The van der Waals surface area contributed by atoms with Crippen molar-refractivity contribution in [2.75, 3.05) is 12.4 Å². The zero-order valence-electron chi connectivity index (χ0n) is 14.2. The second kappa shape index (κ2) is 8.10. The summed E-state index contributed by atoms with van der Waals surface area (Å²) in [5, 5.41) is 2.75. The molecule has 0 aliphatic rings. The lowest BCUT2D eigenvalue weighted by atomic mass is 10.00. The summed E-state index contributed by atoms with van der Waals surface area (Å²) in [5.41, 5.74) is 1.43. The van der Waals surface area contributed by atoms with Gasteiger partial charge in [-0.15, -0.1) is 0 Å². The molecular weight excluding hydrogens is 322 g/mol. The molecule has 0 bridgehead atoms. The molecule has 0 aliphatic heterocycles. The van der Waals surface area contributed by atoms with Gasteiger partial charge in [0.1, 0.15) is 5.75 Å². The van der Waals surface area contributed by atoms with Crippen molar-refractivity contribution in [3.8, 4) is 5.75 Å². The number of rotatable bonds is 5. The highest BCUT2D eigenvalue weighted by Crippen LogP contribution is 2.23. The summed E-state index contributed by atoms with van der Waals surface area (Å²) in [4.78, 5) is 35.2. The fraction of sp³-hybridized carbons (Fsp3) is 0.211. The Kier molecular flexibility index (Phi) is 5.89. The molecule has 0 heterocycles. The number of esters is 2. The van der Waals surface area contributed by atoms with E-state index in [2.05, 4.69) is 5.32 Å². The highest BCUT2D eigenvalue weighted by molar-refractivity contribution is 6.03. The van der Waals surface area contributed by atoms with Crippen LogP contribution in [-0.4, -0.2) is 25.0 Å². The Morgan fingerprint density at radius 1 is 1.00 bits per heavy atom. The number of ether oxygens (including phenoxy) is 2. The molecule has 1 amide bonds. The van der Waals surface area contributed by atoms with Gasteiger partial charge < -0.3 is 14.8 Å². The van der Waals surface area contributed by atoms with Gasteiger partial charge in [0.05, 0.1) is 24.3 Å². The van der Waals surface area contributed by atoms with E-state index >= 15 is 0 Å². The van der Waals surface area contributed by atoms with Crippen LogP contribution in [0.5, 0.6) is 5.75 Å². The summed E-state index contributed by atoms with van der Waals surface area (Å²) in [5.74, 6) is -1.24. The van der Waals surface area contributed by atoms with Crippen molar-refractivity contribution < 1.29 is 23.9 Å². The van der Waals surface area contributed by atoms with Crippen LogP contribution in [0.25, 0.3) is 0 Å². The molecule has 0 aliphatic carbocycles. The molecule has 2 aromatic rings. The molecule has 0 saturated carbocycles. The van der Waals surface area contributed by atoms with Gasteiger partial charge in [-0.3, -0.25) is 9.59 Å². The van der Waals surface area contributed by atoms with E-state index in [0.29, 0.717) is 11.4 Å². The zero-order chi connectivity index (χ0) is 18.4. The molecule has 2 aromatic carbocycles. The minimum atomic E-state index is -0.519. The molecule has 1 atom stereocenters. The molecule has 25 heavy (non-hydrogen) atoms. The summed E-state index contributed by atoms with van der Waals surface area (Å²) in [6.45, 7) is 3.07. The van der Waals surface area contributed by atoms with E-state index in [1.54, 1.807) is 55.5 Å². The van der Waals surface area contributed by atoms with Gasteiger partial charge in [-0.25, -0.2) is 4.79 Å². The molecule has 1 unspecified atom stereocenters. The number of anilines is 1. The van der Waals surface area contributed by atoms with Gasteiger partial charge in [-0.1, -0.05) is 24.3 Å². The molecule has 0 aromatic heterocycles. The average Bonchev–Trinajstić information content (AvgIpc) is 2.61. The van der Waals surface area contributed by atoms with Crippen LogP contribution in [0, 0.1) is 0 Å². The summed E-state index contributed by atoms with van der Waals surface area (Å²) in [7, 11) is 1.29. The first-order valence-corrected chi connectivity index (χ1v) is 7.69. The molecule has 6 nitrogen and oxygen atoms in total. The van der Waals surface area contributed by atoms with Gasteiger partial charge in [0, 0.05) is 6.92 Å². The van der Waals surface area contributed by atoms with Crippen LogP contribution in [0.4, 0.5) is 5.69 Å². The van der Waals surface area contributed by atoms with Gasteiger partial charge in [0.15, 0.2) is 0 Å². The minimum Gasteiger partial charge on any atom is -0.465 e. The van der Waals surface area contributed by atoms with E-state index in [1.165, 1.54) is 14.0 Å². The van der Waals surface area contributed by atoms with E-state index in [4.69, 9.17) is 9.47 Å². The van der Waals surface area contributed by atoms with Gasteiger partial charge in [0.25, 0.3) is 0 Å². The molecule has 0 spiro atoms. The van der Waals surface area contributed by atoms with Gasteiger partial charge in [-0.2, -0.15) is 0 Å². The molecule has 0 radical (unpaired) electrons. The topological polar surface area (TPSA) is 81.7 Å². The molecule has 1 N–H and O–H groups in total. The third kappa shape index (κ3) is 4.67. The maximum absolute atomic E-state index is 12.5. The lowest BCUT2D eigenvalue weighted by molar-refractivity contribution is -0.131. The quantitative estimate of drug-likeness (QED) is 0.667. The maximum atomic E-state index is 12.5. The smallest absolute Gasteiger partial charge is 0.339 e. The van der Waals surface area contributed by atoms with E-state index in [0.717, 1.165) is 5.56 Å². The standard InChI is InChI=1S/C19H19NO5/c1-12(14-8-10-15(11-9-14)25-13(2)21)18(22)20-17-7-5-4-6-16(17)19(23)24-3/h4-12H,1-3H3,(H,20,22). The van der Waals surface area contributed by atoms with Crippen LogP contribution >= 0.6 is 0 Å². The minimum absolute atomic E-state index is 0.267. The number of para-hydroxylation sites is 1. The Balaban J connectivity index is 2.13. The molecule has 2 rings (SSSR count). The zero-order valence-corrected chi connectivity index (χ0v) is 14.2. The summed E-state index contributed by atoms with van der Waals surface area (Å²) >= 11 is 0. The largest absolute Gasteiger partial charge is 0.465 e. The van der Waals surface area contributed by atoms with Crippen molar-refractivity contribution in [1.82, 2.24) is 0 Å². The van der Waals surface area contributed by atoms with E-state index < -0.39 is 17.9 Å². The van der Waals surface area contributed by atoms with Crippen molar-refractivity contribution in [2.45, 2.75) is 19.8 Å². The third-order valence-electron chi connectivity index (χ3n) is 3.63. The highest BCUT2D eigenvalue weighted by atomic mass is 16.5. The number of hydrogen-bond donors (Lipinski definition) is 1. The number of benzene rings is 2. The van der Waals surface area contributed by atoms with Crippen molar-refractivity contribution in [1.29, 1.82) is 0 Å². The fourth-order valence-corrected chi connectivity index (χ4v) is 2.26. The average molecular weight is 341 g/mol. The maximum Gasteiger partial charge on any atom is 0.339 e. The van der Waals surface area contributed by atoms with Crippen LogP contribution < -0.4 is 10.1 Å². The summed E-state index contributed by atoms with van der Waals surface area (Å²) in [6.07, 6.45) is 0. The Hall–Kier alpha value is -3.15. The monoisotopic (exact) mass is 341 g/mol. The van der Waals surface area contributed by atoms with Gasteiger partial charge in [0.2, 0.25) is 5.91 Å². The van der Waals surface area contributed by atoms with E-state index in [1.807, 2.05) is 0 Å². The molecule has 0 saturated heterocycles. The van der Waals surface area contributed by atoms with Crippen LogP contribution in [0.2, 0.25) is 0 Å². The number of carbonyl (C=O) groups is 3. The highest BCUT2D eigenvalue weighted by Gasteiger charge is 2.19. The summed E-state index contributed by atoms with van der Waals surface area (Å²) < 4.78 is 9.69. The van der Waals surface area contributed by atoms with Crippen molar-refractivity contribution in [2.24, 2.45) is 0 Å². The van der Waals surface area contributed by atoms with Crippen molar-refractivity contribution in [3.05, 3.63) is 59.7 Å². The van der Waals surface area contributed by atoms with Gasteiger partial charge in [-0.05, 0) is 36.8 Å². The third-order valence-corrected chi connectivity index (χ3v) is 3.63. The first kappa shape index (κ1) is 18.2. The summed E-state index contributed by atoms with van der Waals surface area (Å²) in [6, 6.07) is 13.3. The predicted molar refractivity (Wildman–Crippen MR) is 92.6 cm³/mol. The Labute approximate surface area is 145 Å². The number of methoxy groups -OCH3 is 1. The lowest BCUT2D eigenvalue weighted by Crippen LogP contribution is -2.20. The van der Waals surface area contributed by atoms with Crippen LogP contribution in [0.15, 0.2) is 48.5 Å². The van der Waals surface area contributed by atoms with Crippen molar-refractivity contribution >= 4 is 23.5 Å². The first-order valence-electron chi connectivity index (χ1n) is 7.69. The Bertz CT molecular complexity index is 783. The molecule has 130 valence electrons. The SMILES string of the molecule is COC(=O)c1ccccc1NC(=O)C(C)c1ccc(OC(C)=O)cc1. The molecular formula is C19H19NO5. The molecule has 6 heteroatoms. The second-order valence-corrected chi connectivity index (χ2v) is 5.41. The van der Waals surface area contributed by atoms with Crippen LogP contribution in [0.3, 0.4) is 0 Å². The van der Waals surface area contributed by atoms with E-state index in [9.17, 15) is 14.4 Å². The van der Waals surface area contributed by atoms with Gasteiger partial charge >= 0.3 is 11.9 Å². The lowest BCUT2D eigenvalue weighted by Gasteiger charge is -2.15. The van der Waals surface area contributed by atoms with E-state index in [-0.39, 0.29) is 11.5 Å². The Morgan fingerprint density at radius 3 is 2.24 bits per heavy atom. The second-order valence-electron chi connectivity index (χ2n) is 5.41. The number of amides is 1. The normalized spacial score (nSPS) is 11.3. The molecule has 0 fully saturated rings. The van der Waals surface area contributed by atoms with Crippen LogP contribution in [0.1, 0.15) is 35.7 Å². The number of nitrogens with one attached hydrogen (secondary N) is 1. The van der Waals surface area contributed by atoms with Crippen LogP contribution in [-0.2, 0) is 14.3 Å². The number of hydrogen-bond acceptors (Lipinski definition) is 5.